The fourth-order valence-electron chi connectivity index (χ4n) is 1.58. The van der Waals surface area contributed by atoms with Crippen molar-refractivity contribution in [2.24, 2.45) is 5.73 Å². The van der Waals surface area contributed by atoms with Crippen molar-refractivity contribution < 1.29 is 4.79 Å². The maximum Gasteiger partial charge on any atom is 0.250 e. The van der Waals surface area contributed by atoms with Crippen molar-refractivity contribution in [2.45, 2.75) is 25.8 Å². The topological polar surface area (TPSA) is 98.7 Å². The first-order valence-corrected chi connectivity index (χ1v) is 6.09. The summed E-state index contributed by atoms with van der Waals surface area (Å²) in [7, 11) is 0. The van der Waals surface area contributed by atoms with E-state index in [-0.39, 0.29) is 18.3 Å². The van der Waals surface area contributed by atoms with Crippen LogP contribution in [0.15, 0.2) is 30.9 Å². The summed E-state index contributed by atoms with van der Waals surface area (Å²) in [5.41, 5.74) is 6.30. The fourth-order valence-corrected chi connectivity index (χ4v) is 1.58. The molecule has 2 heterocycles. The zero-order chi connectivity index (χ0) is 13.7. The summed E-state index contributed by atoms with van der Waals surface area (Å²) in [5.74, 6) is 0.233. The standard InChI is InChI=1S/C12H16N6O.ClH/c1-2-4-10(13)11(19)17-9-7-16-18(8-9)12-14-5-3-6-15-12;/h3,5-8,10H,2,4,13H2,1H3,(H,17,19);1H. The van der Waals surface area contributed by atoms with Crippen LogP contribution in [0.4, 0.5) is 5.69 Å². The third kappa shape index (κ3) is 4.01. The number of amides is 1. The van der Waals surface area contributed by atoms with E-state index < -0.39 is 6.04 Å². The van der Waals surface area contributed by atoms with Gasteiger partial charge < -0.3 is 11.1 Å². The lowest BCUT2D eigenvalue weighted by atomic mass is 10.2. The normalized spacial score (nSPS) is 11.5. The van der Waals surface area contributed by atoms with E-state index in [2.05, 4.69) is 20.4 Å². The first-order chi connectivity index (χ1) is 9.20. The van der Waals surface area contributed by atoms with Crippen LogP contribution < -0.4 is 11.1 Å². The Morgan fingerprint density at radius 1 is 1.45 bits per heavy atom. The van der Waals surface area contributed by atoms with Gasteiger partial charge in [0.15, 0.2) is 0 Å². The SMILES string of the molecule is CCCC(N)C(=O)Nc1cnn(-c2ncccn2)c1.Cl. The number of carbonyl (C=O) groups excluding carboxylic acids is 1. The Morgan fingerprint density at radius 2 is 2.15 bits per heavy atom. The van der Waals surface area contributed by atoms with Crippen LogP contribution in [0.5, 0.6) is 0 Å². The minimum atomic E-state index is -0.499. The van der Waals surface area contributed by atoms with E-state index in [9.17, 15) is 4.79 Å². The summed E-state index contributed by atoms with van der Waals surface area (Å²) < 4.78 is 1.49. The molecule has 8 heteroatoms. The molecule has 0 aromatic carbocycles. The summed E-state index contributed by atoms with van der Waals surface area (Å²) >= 11 is 0. The molecule has 2 aromatic heterocycles. The largest absolute Gasteiger partial charge is 0.322 e. The number of hydrogen-bond donors (Lipinski definition) is 2. The molecule has 1 amide bonds. The molecular weight excluding hydrogens is 280 g/mol. The molecule has 2 aromatic rings. The van der Waals surface area contributed by atoms with Gasteiger partial charge >= 0.3 is 0 Å². The van der Waals surface area contributed by atoms with E-state index >= 15 is 0 Å². The Hall–Kier alpha value is -1.99. The van der Waals surface area contributed by atoms with Crippen LogP contribution in [-0.4, -0.2) is 31.7 Å². The first-order valence-electron chi connectivity index (χ1n) is 6.09. The van der Waals surface area contributed by atoms with Crippen molar-refractivity contribution in [3.8, 4) is 5.95 Å². The molecule has 1 unspecified atom stereocenters. The Bertz CT molecular complexity index is 544. The van der Waals surface area contributed by atoms with Gasteiger partial charge in [0.05, 0.1) is 24.1 Å². The van der Waals surface area contributed by atoms with Crippen LogP contribution in [0, 0.1) is 0 Å². The third-order valence-electron chi connectivity index (χ3n) is 2.54. The second-order valence-electron chi connectivity index (χ2n) is 4.11. The average Bonchev–Trinajstić information content (AvgIpc) is 2.88. The number of nitrogens with zero attached hydrogens (tertiary/aromatic N) is 4. The zero-order valence-corrected chi connectivity index (χ0v) is 11.9. The number of nitrogens with two attached hydrogens (primary N) is 1. The van der Waals surface area contributed by atoms with Crippen molar-refractivity contribution in [3.63, 3.8) is 0 Å². The highest BCUT2D eigenvalue weighted by Crippen LogP contribution is 2.08. The van der Waals surface area contributed by atoms with Crippen LogP contribution in [-0.2, 0) is 4.79 Å². The molecule has 1 atom stereocenters. The highest BCUT2D eigenvalue weighted by molar-refractivity contribution is 5.94. The first kappa shape index (κ1) is 16.1. The van der Waals surface area contributed by atoms with Gasteiger partial charge in [0, 0.05) is 12.4 Å². The molecule has 0 saturated heterocycles. The molecule has 108 valence electrons. The fraction of sp³-hybridized carbons (Fsp3) is 0.333. The van der Waals surface area contributed by atoms with Crippen LogP contribution in [0.25, 0.3) is 5.95 Å². The number of rotatable bonds is 5. The highest BCUT2D eigenvalue weighted by atomic mass is 35.5. The molecular formula is C12H17ClN6O. The molecule has 2 rings (SSSR count). The second kappa shape index (κ2) is 7.56. The van der Waals surface area contributed by atoms with Crippen molar-refractivity contribution in [1.82, 2.24) is 19.7 Å². The van der Waals surface area contributed by atoms with Crippen LogP contribution in [0.1, 0.15) is 19.8 Å². The van der Waals surface area contributed by atoms with E-state index in [0.29, 0.717) is 18.1 Å². The van der Waals surface area contributed by atoms with Gasteiger partial charge in [-0.2, -0.15) is 5.10 Å². The Kier molecular flexibility index (Phi) is 6.08. The van der Waals surface area contributed by atoms with E-state index in [0.717, 1.165) is 6.42 Å². The van der Waals surface area contributed by atoms with Crippen LogP contribution >= 0.6 is 12.4 Å². The van der Waals surface area contributed by atoms with Gasteiger partial charge in [0.2, 0.25) is 11.9 Å². The van der Waals surface area contributed by atoms with E-state index in [1.807, 2.05) is 6.92 Å². The molecule has 0 spiro atoms. The molecule has 3 N–H and O–H groups in total. The quantitative estimate of drug-likeness (QED) is 0.862. The number of halogens is 1. The Balaban J connectivity index is 0.00000200. The zero-order valence-electron chi connectivity index (χ0n) is 11.1. The van der Waals surface area contributed by atoms with Gasteiger partial charge in [0.25, 0.3) is 0 Å². The second-order valence-corrected chi connectivity index (χ2v) is 4.11. The van der Waals surface area contributed by atoms with Gasteiger partial charge in [0.1, 0.15) is 0 Å². The van der Waals surface area contributed by atoms with E-state index in [1.54, 1.807) is 24.7 Å². The minimum Gasteiger partial charge on any atom is -0.322 e. The summed E-state index contributed by atoms with van der Waals surface area (Å²) in [4.78, 5) is 19.9. The van der Waals surface area contributed by atoms with Gasteiger partial charge in [-0.05, 0) is 12.5 Å². The summed E-state index contributed by atoms with van der Waals surface area (Å²) in [5, 5.41) is 6.79. The van der Waals surface area contributed by atoms with Gasteiger partial charge in [-0.3, -0.25) is 4.79 Å². The Morgan fingerprint density at radius 3 is 2.80 bits per heavy atom. The van der Waals surface area contributed by atoms with Crippen molar-refractivity contribution >= 4 is 24.0 Å². The Labute approximate surface area is 123 Å². The van der Waals surface area contributed by atoms with Crippen molar-refractivity contribution in [1.29, 1.82) is 0 Å². The lowest BCUT2D eigenvalue weighted by Gasteiger charge is -2.09. The number of nitrogens with one attached hydrogen (secondary N) is 1. The maximum absolute atomic E-state index is 11.7. The van der Waals surface area contributed by atoms with Crippen LogP contribution in [0.3, 0.4) is 0 Å². The highest BCUT2D eigenvalue weighted by Gasteiger charge is 2.13. The third-order valence-corrected chi connectivity index (χ3v) is 2.54. The smallest absolute Gasteiger partial charge is 0.250 e. The lowest BCUT2D eigenvalue weighted by Crippen LogP contribution is -2.35. The van der Waals surface area contributed by atoms with Gasteiger partial charge in [-0.25, -0.2) is 14.6 Å². The van der Waals surface area contributed by atoms with E-state index in [4.69, 9.17) is 5.73 Å². The molecule has 0 saturated carbocycles. The monoisotopic (exact) mass is 296 g/mol. The molecule has 0 fully saturated rings. The average molecular weight is 297 g/mol. The number of anilines is 1. The number of hydrogen-bond acceptors (Lipinski definition) is 5. The molecule has 0 aliphatic heterocycles. The number of aromatic nitrogens is 4. The van der Waals surface area contributed by atoms with E-state index in [1.165, 1.54) is 10.9 Å². The summed E-state index contributed by atoms with van der Waals surface area (Å²) in [6, 6.07) is 1.22. The molecule has 0 aliphatic carbocycles. The van der Waals surface area contributed by atoms with Crippen molar-refractivity contribution in [3.05, 3.63) is 30.9 Å². The molecule has 0 bridgehead atoms. The molecule has 20 heavy (non-hydrogen) atoms. The summed E-state index contributed by atoms with van der Waals surface area (Å²) in [6.45, 7) is 1.98. The number of carbonyl (C=O) groups is 1. The van der Waals surface area contributed by atoms with Crippen molar-refractivity contribution in [2.75, 3.05) is 5.32 Å². The maximum atomic E-state index is 11.7. The minimum absolute atomic E-state index is 0. The van der Waals surface area contributed by atoms with Gasteiger partial charge in [-0.1, -0.05) is 13.3 Å². The van der Waals surface area contributed by atoms with Crippen LogP contribution in [0.2, 0.25) is 0 Å². The van der Waals surface area contributed by atoms with Gasteiger partial charge in [-0.15, -0.1) is 12.4 Å². The summed E-state index contributed by atoms with van der Waals surface area (Å²) in [6.07, 6.45) is 7.95. The predicted molar refractivity (Wildman–Crippen MR) is 77.9 cm³/mol. The lowest BCUT2D eigenvalue weighted by molar-refractivity contribution is -0.117. The molecule has 0 radical (unpaired) electrons. The molecule has 7 nitrogen and oxygen atoms in total. The molecule has 0 aliphatic rings. The predicted octanol–water partition coefficient (Wildman–Crippen LogP) is 1.15.